The molecule has 6 nitrogen and oxygen atoms in total. The summed E-state index contributed by atoms with van der Waals surface area (Å²) in [7, 11) is -6.77. The highest BCUT2D eigenvalue weighted by Crippen LogP contribution is 2.04. The summed E-state index contributed by atoms with van der Waals surface area (Å²) in [6.45, 7) is 1.41. The number of rotatable bonds is 4. The maximum Gasteiger partial charge on any atom is 0.264 e. The van der Waals surface area contributed by atoms with Crippen molar-refractivity contribution in [2.45, 2.75) is 6.42 Å². The minimum absolute atomic E-state index is 0.138. The largest absolute Gasteiger partial charge is 0.301 e. The lowest BCUT2D eigenvalue weighted by Crippen LogP contribution is -2.41. The van der Waals surface area contributed by atoms with Crippen LogP contribution in [0.1, 0.15) is 6.42 Å². The molecule has 0 aromatic rings. The second kappa shape index (κ2) is 4.77. The van der Waals surface area contributed by atoms with Gasteiger partial charge in [0, 0.05) is 13.1 Å². The Balaban J connectivity index is 2.25. The lowest BCUT2D eigenvalue weighted by Gasteiger charge is -2.26. The zero-order chi connectivity index (χ0) is 11.5. The van der Waals surface area contributed by atoms with Crippen LogP contribution in [0.25, 0.3) is 0 Å². The van der Waals surface area contributed by atoms with E-state index in [1.807, 2.05) is 4.90 Å². The molecule has 0 aromatic heterocycles. The van der Waals surface area contributed by atoms with Gasteiger partial charge in [0.05, 0.1) is 17.3 Å². The summed E-state index contributed by atoms with van der Waals surface area (Å²) >= 11 is 0. The van der Waals surface area contributed by atoms with Gasteiger partial charge in [0.15, 0.2) is 9.84 Å². The van der Waals surface area contributed by atoms with Crippen LogP contribution in [0.15, 0.2) is 0 Å². The Morgan fingerprint density at radius 2 is 1.73 bits per heavy atom. The monoisotopic (exact) mass is 257 g/mol. The summed E-state index contributed by atoms with van der Waals surface area (Å²) in [5.74, 6) is 0.00794. The molecule has 8 heteroatoms. The van der Waals surface area contributed by atoms with Gasteiger partial charge < -0.3 is 4.90 Å². The third-order valence-corrected chi connectivity index (χ3v) is 4.73. The lowest BCUT2D eigenvalue weighted by molar-refractivity contribution is 0.295. The zero-order valence-corrected chi connectivity index (χ0v) is 9.93. The van der Waals surface area contributed by atoms with Gasteiger partial charge in [-0.2, -0.15) is 8.42 Å². The van der Waals surface area contributed by atoms with Crippen molar-refractivity contribution in [3.05, 3.63) is 0 Å². The summed E-state index contributed by atoms with van der Waals surface area (Å²) in [5, 5.41) is 0. The smallest absolute Gasteiger partial charge is 0.264 e. The van der Waals surface area contributed by atoms with E-state index in [0.29, 0.717) is 26.1 Å². The molecule has 1 heterocycles. The second-order valence-corrected chi connectivity index (χ2v) is 7.51. The highest BCUT2D eigenvalue weighted by molar-refractivity contribution is 7.91. The number of nitrogens with zero attached hydrogens (tertiary/aromatic N) is 1. The van der Waals surface area contributed by atoms with Crippen molar-refractivity contribution < 1.29 is 21.4 Å². The molecule has 1 saturated heterocycles. The molecular formula is C7H15NO5S2. The van der Waals surface area contributed by atoms with Gasteiger partial charge in [-0.15, -0.1) is 0 Å². The highest BCUT2D eigenvalue weighted by Gasteiger charge is 2.21. The SMILES string of the molecule is O=S(=O)(O)CCCN1CCS(=O)(=O)CC1. The normalized spacial score (nSPS) is 22.7. The van der Waals surface area contributed by atoms with E-state index in [1.165, 1.54) is 0 Å². The molecule has 0 amide bonds. The Morgan fingerprint density at radius 1 is 1.20 bits per heavy atom. The molecule has 1 aliphatic rings. The summed E-state index contributed by atoms with van der Waals surface area (Å²) in [4.78, 5) is 1.90. The highest BCUT2D eigenvalue weighted by atomic mass is 32.2. The molecule has 1 rings (SSSR count). The van der Waals surface area contributed by atoms with Crippen molar-refractivity contribution in [1.29, 1.82) is 0 Å². The van der Waals surface area contributed by atoms with Crippen LogP contribution < -0.4 is 0 Å². The van der Waals surface area contributed by atoms with Crippen molar-refractivity contribution in [1.82, 2.24) is 4.90 Å². The van der Waals surface area contributed by atoms with Gasteiger partial charge in [0.2, 0.25) is 0 Å². The van der Waals surface area contributed by atoms with E-state index in [1.54, 1.807) is 0 Å². The van der Waals surface area contributed by atoms with E-state index in [9.17, 15) is 16.8 Å². The van der Waals surface area contributed by atoms with Gasteiger partial charge in [0.1, 0.15) is 0 Å². The number of hydrogen-bond donors (Lipinski definition) is 1. The Kier molecular flexibility index (Phi) is 4.10. The van der Waals surface area contributed by atoms with Gasteiger partial charge in [-0.05, 0) is 13.0 Å². The van der Waals surface area contributed by atoms with Gasteiger partial charge >= 0.3 is 0 Å². The minimum Gasteiger partial charge on any atom is -0.301 e. The average Bonchev–Trinajstić information content (AvgIpc) is 2.06. The summed E-state index contributed by atoms with van der Waals surface area (Å²) in [6, 6.07) is 0. The fourth-order valence-corrected chi connectivity index (χ4v) is 3.22. The van der Waals surface area contributed by atoms with Crippen LogP contribution in [0.4, 0.5) is 0 Å². The van der Waals surface area contributed by atoms with Crippen LogP contribution in [0, 0.1) is 0 Å². The zero-order valence-electron chi connectivity index (χ0n) is 8.29. The summed E-state index contributed by atoms with van der Waals surface area (Å²) in [5.41, 5.74) is 0. The fraction of sp³-hybridized carbons (Fsp3) is 1.00. The topological polar surface area (TPSA) is 91.8 Å². The first kappa shape index (κ1) is 12.9. The van der Waals surface area contributed by atoms with Crippen LogP contribution in [-0.4, -0.2) is 63.2 Å². The average molecular weight is 257 g/mol. The van der Waals surface area contributed by atoms with E-state index in [-0.39, 0.29) is 17.3 Å². The van der Waals surface area contributed by atoms with Crippen molar-refractivity contribution in [3.8, 4) is 0 Å². The number of sulfone groups is 1. The third kappa shape index (κ3) is 5.45. The van der Waals surface area contributed by atoms with Gasteiger partial charge in [-0.1, -0.05) is 0 Å². The molecule has 0 unspecified atom stereocenters. The fourth-order valence-electron chi connectivity index (χ4n) is 1.44. The second-order valence-electron chi connectivity index (χ2n) is 3.63. The molecule has 1 N–H and O–H groups in total. The van der Waals surface area contributed by atoms with E-state index in [2.05, 4.69) is 0 Å². The maximum absolute atomic E-state index is 11.1. The number of hydrogen-bond acceptors (Lipinski definition) is 5. The molecule has 15 heavy (non-hydrogen) atoms. The van der Waals surface area contributed by atoms with Crippen molar-refractivity contribution in [2.75, 3.05) is 36.9 Å². The van der Waals surface area contributed by atoms with Crippen LogP contribution in [0.5, 0.6) is 0 Å². The lowest BCUT2D eigenvalue weighted by atomic mass is 10.4. The van der Waals surface area contributed by atoms with Crippen LogP contribution in [-0.2, 0) is 20.0 Å². The predicted octanol–water partition coefficient (Wildman–Crippen LogP) is -1.01. The quantitative estimate of drug-likeness (QED) is 0.649. The molecule has 0 atom stereocenters. The molecule has 0 radical (unpaired) electrons. The Morgan fingerprint density at radius 3 is 2.20 bits per heavy atom. The molecular weight excluding hydrogens is 242 g/mol. The Hall–Kier alpha value is -0.180. The van der Waals surface area contributed by atoms with Gasteiger partial charge in [0.25, 0.3) is 10.1 Å². The maximum atomic E-state index is 11.1. The first-order chi connectivity index (χ1) is 6.79. The third-order valence-electron chi connectivity index (χ3n) is 2.31. The summed E-state index contributed by atoms with van der Waals surface area (Å²) in [6.07, 6.45) is 0.332. The van der Waals surface area contributed by atoms with Crippen molar-refractivity contribution in [2.24, 2.45) is 0 Å². The van der Waals surface area contributed by atoms with E-state index in [4.69, 9.17) is 4.55 Å². The molecule has 90 valence electrons. The van der Waals surface area contributed by atoms with Crippen LogP contribution in [0.2, 0.25) is 0 Å². The first-order valence-corrected chi connectivity index (χ1v) is 8.09. The molecule has 0 saturated carbocycles. The van der Waals surface area contributed by atoms with Gasteiger partial charge in [-0.25, -0.2) is 8.42 Å². The van der Waals surface area contributed by atoms with E-state index < -0.39 is 20.0 Å². The van der Waals surface area contributed by atoms with E-state index >= 15 is 0 Å². The summed E-state index contributed by atoms with van der Waals surface area (Å²) < 4.78 is 51.5. The van der Waals surface area contributed by atoms with Crippen molar-refractivity contribution in [3.63, 3.8) is 0 Å². The Labute approximate surface area is 89.9 Å². The molecule has 0 bridgehead atoms. The molecule has 1 aliphatic heterocycles. The van der Waals surface area contributed by atoms with Crippen LogP contribution in [0.3, 0.4) is 0 Å². The van der Waals surface area contributed by atoms with Gasteiger partial charge in [-0.3, -0.25) is 4.55 Å². The standard InChI is InChI=1S/C7H15NO5S2/c9-14(10)6-3-8(4-7-14)2-1-5-15(11,12)13/h1-7H2,(H,11,12,13). The first-order valence-electron chi connectivity index (χ1n) is 4.66. The minimum atomic E-state index is -3.89. The predicted molar refractivity (Wildman–Crippen MR) is 56.1 cm³/mol. The van der Waals surface area contributed by atoms with E-state index in [0.717, 1.165) is 0 Å². The molecule has 0 aliphatic carbocycles. The molecule has 0 aromatic carbocycles. The van der Waals surface area contributed by atoms with Crippen molar-refractivity contribution >= 4 is 20.0 Å². The Bertz CT molecular complexity index is 385. The molecule has 0 spiro atoms. The molecule has 1 fully saturated rings. The van der Waals surface area contributed by atoms with Crippen LogP contribution >= 0.6 is 0 Å².